The number of nitriles is 1. The van der Waals surface area contributed by atoms with Crippen molar-refractivity contribution >= 4 is 17.3 Å². The number of ether oxygens (including phenoxy) is 1. The Morgan fingerprint density at radius 3 is 3.17 bits per heavy atom. The van der Waals surface area contributed by atoms with Gasteiger partial charge < -0.3 is 4.74 Å². The second-order valence-electron chi connectivity index (χ2n) is 2.07. The molecule has 0 bridgehead atoms. The molecular formula is C8H7NO2S. The highest BCUT2D eigenvalue weighted by atomic mass is 32.1. The highest BCUT2D eigenvalue weighted by Gasteiger charge is 2.01. The summed E-state index contributed by atoms with van der Waals surface area (Å²) in [6.45, 7) is 0.276. The largest absolute Gasteiger partial charge is 0.459 e. The lowest BCUT2D eigenvalue weighted by molar-refractivity contribution is -0.143. The fourth-order valence-electron chi connectivity index (χ4n) is 0.662. The van der Waals surface area contributed by atoms with Crippen LogP contribution in [0.15, 0.2) is 17.5 Å². The normalized spacial score (nSPS) is 8.92. The molecule has 3 nitrogen and oxygen atoms in total. The van der Waals surface area contributed by atoms with Crippen molar-refractivity contribution in [2.24, 2.45) is 0 Å². The highest BCUT2D eigenvalue weighted by molar-refractivity contribution is 7.09. The summed E-state index contributed by atoms with van der Waals surface area (Å²) < 4.78 is 4.78. The van der Waals surface area contributed by atoms with Crippen molar-refractivity contribution in [3.05, 3.63) is 22.4 Å². The van der Waals surface area contributed by atoms with Crippen LogP contribution in [0.4, 0.5) is 0 Å². The molecule has 0 unspecified atom stereocenters. The van der Waals surface area contributed by atoms with E-state index in [2.05, 4.69) is 0 Å². The van der Waals surface area contributed by atoms with Crippen molar-refractivity contribution < 1.29 is 9.53 Å². The van der Waals surface area contributed by atoms with Crippen LogP contribution < -0.4 is 0 Å². The molecule has 62 valence electrons. The fraction of sp³-hybridized carbons (Fsp3) is 0.250. The van der Waals surface area contributed by atoms with Gasteiger partial charge >= 0.3 is 5.97 Å². The first-order valence-corrected chi connectivity index (χ1v) is 4.26. The molecule has 0 fully saturated rings. The van der Waals surface area contributed by atoms with Crippen molar-refractivity contribution in [1.29, 1.82) is 5.26 Å². The Morgan fingerprint density at radius 2 is 2.58 bits per heavy atom. The van der Waals surface area contributed by atoms with Crippen LogP contribution in [0.25, 0.3) is 0 Å². The van der Waals surface area contributed by atoms with Gasteiger partial charge in [-0.05, 0) is 11.4 Å². The van der Waals surface area contributed by atoms with E-state index in [0.717, 1.165) is 4.88 Å². The van der Waals surface area contributed by atoms with Gasteiger partial charge in [-0.3, -0.25) is 4.79 Å². The molecule has 4 heteroatoms. The molecule has 0 atom stereocenters. The first kappa shape index (κ1) is 8.75. The zero-order valence-electron chi connectivity index (χ0n) is 6.32. The fourth-order valence-corrected chi connectivity index (χ4v) is 1.28. The van der Waals surface area contributed by atoms with E-state index in [4.69, 9.17) is 10.00 Å². The van der Waals surface area contributed by atoms with E-state index in [1.165, 1.54) is 11.3 Å². The molecule has 1 aromatic heterocycles. The Bertz CT molecular complexity index is 287. The van der Waals surface area contributed by atoms with Gasteiger partial charge in [-0.2, -0.15) is 5.26 Å². The van der Waals surface area contributed by atoms with Crippen LogP contribution in [-0.2, 0) is 16.1 Å². The number of carbonyl (C=O) groups excluding carboxylic acids is 1. The van der Waals surface area contributed by atoms with Gasteiger partial charge in [0.2, 0.25) is 0 Å². The summed E-state index contributed by atoms with van der Waals surface area (Å²) in [5, 5.41) is 10.1. The second kappa shape index (κ2) is 4.52. The summed E-state index contributed by atoms with van der Waals surface area (Å²) in [7, 11) is 0. The lowest BCUT2D eigenvalue weighted by Gasteiger charge is -1.97. The molecule has 0 spiro atoms. The summed E-state index contributed by atoms with van der Waals surface area (Å²) in [6.07, 6.45) is -0.175. The zero-order chi connectivity index (χ0) is 8.81. The average Bonchev–Trinajstić information content (AvgIpc) is 2.53. The third-order valence-electron chi connectivity index (χ3n) is 1.18. The minimum atomic E-state index is -0.467. The maximum Gasteiger partial charge on any atom is 0.320 e. The van der Waals surface area contributed by atoms with Crippen molar-refractivity contribution in [3.8, 4) is 6.07 Å². The minimum absolute atomic E-state index is 0.175. The van der Waals surface area contributed by atoms with Gasteiger partial charge in [0, 0.05) is 4.88 Å². The smallest absolute Gasteiger partial charge is 0.320 e. The van der Waals surface area contributed by atoms with Crippen LogP contribution in [-0.4, -0.2) is 5.97 Å². The van der Waals surface area contributed by atoms with Gasteiger partial charge in [0.1, 0.15) is 13.0 Å². The summed E-state index contributed by atoms with van der Waals surface area (Å²) in [4.78, 5) is 11.7. The molecule has 0 aromatic carbocycles. The number of esters is 1. The number of hydrogen-bond donors (Lipinski definition) is 0. The van der Waals surface area contributed by atoms with Crippen molar-refractivity contribution in [3.63, 3.8) is 0 Å². The summed E-state index contributed by atoms with van der Waals surface area (Å²) in [5.74, 6) is -0.467. The number of carbonyl (C=O) groups is 1. The van der Waals surface area contributed by atoms with Crippen LogP contribution in [0.2, 0.25) is 0 Å². The Balaban J connectivity index is 2.28. The van der Waals surface area contributed by atoms with Gasteiger partial charge in [-0.1, -0.05) is 6.07 Å². The molecule has 0 aliphatic heterocycles. The lowest BCUT2D eigenvalue weighted by Crippen LogP contribution is -2.01. The van der Waals surface area contributed by atoms with Crippen LogP contribution in [0.5, 0.6) is 0 Å². The maximum atomic E-state index is 10.7. The summed E-state index contributed by atoms with van der Waals surface area (Å²) in [6, 6.07) is 5.49. The van der Waals surface area contributed by atoms with Crippen LogP contribution in [0.1, 0.15) is 11.3 Å². The molecular weight excluding hydrogens is 174 g/mol. The molecule has 1 aromatic rings. The predicted molar refractivity (Wildman–Crippen MR) is 44.3 cm³/mol. The minimum Gasteiger partial charge on any atom is -0.459 e. The van der Waals surface area contributed by atoms with Crippen LogP contribution >= 0.6 is 11.3 Å². The number of thiophene rings is 1. The molecule has 0 aliphatic carbocycles. The van der Waals surface area contributed by atoms with E-state index < -0.39 is 5.97 Å². The van der Waals surface area contributed by atoms with Crippen LogP contribution in [0, 0.1) is 11.3 Å². The standard InChI is InChI=1S/C8H7NO2S/c9-4-3-8(10)11-6-7-2-1-5-12-7/h1-2,5H,3,6H2. The molecule has 0 saturated heterocycles. The quantitative estimate of drug-likeness (QED) is 0.667. The van der Waals surface area contributed by atoms with E-state index in [-0.39, 0.29) is 13.0 Å². The summed E-state index contributed by atoms with van der Waals surface area (Å²) >= 11 is 1.52. The van der Waals surface area contributed by atoms with Crippen molar-refractivity contribution in [2.45, 2.75) is 13.0 Å². The van der Waals surface area contributed by atoms with E-state index >= 15 is 0 Å². The second-order valence-corrected chi connectivity index (χ2v) is 3.11. The Kier molecular flexibility index (Phi) is 3.30. The third kappa shape index (κ3) is 2.72. The number of hydrogen-bond acceptors (Lipinski definition) is 4. The van der Waals surface area contributed by atoms with E-state index in [1.807, 2.05) is 17.5 Å². The first-order chi connectivity index (χ1) is 5.83. The summed E-state index contributed by atoms with van der Waals surface area (Å²) in [5.41, 5.74) is 0. The Hall–Kier alpha value is -1.34. The molecule has 12 heavy (non-hydrogen) atoms. The van der Waals surface area contributed by atoms with Gasteiger partial charge in [0.25, 0.3) is 0 Å². The van der Waals surface area contributed by atoms with E-state index in [0.29, 0.717) is 0 Å². The number of nitrogens with zero attached hydrogens (tertiary/aromatic N) is 1. The molecule has 0 radical (unpaired) electrons. The average molecular weight is 181 g/mol. The van der Waals surface area contributed by atoms with Gasteiger partial charge in [-0.15, -0.1) is 11.3 Å². The monoisotopic (exact) mass is 181 g/mol. The predicted octanol–water partition coefficient (Wildman–Crippen LogP) is 1.70. The SMILES string of the molecule is N#CCC(=O)OCc1cccs1. The van der Waals surface area contributed by atoms with Crippen molar-refractivity contribution in [1.82, 2.24) is 0 Å². The zero-order valence-corrected chi connectivity index (χ0v) is 7.13. The van der Waals surface area contributed by atoms with Gasteiger partial charge in [-0.25, -0.2) is 0 Å². The molecule has 1 rings (SSSR count). The molecule has 0 saturated carbocycles. The number of rotatable bonds is 3. The third-order valence-corrected chi connectivity index (χ3v) is 2.03. The highest BCUT2D eigenvalue weighted by Crippen LogP contribution is 2.09. The Morgan fingerprint density at radius 1 is 1.75 bits per heavy atom. The van der Waals surface area contributed by atoms with E-state index in [9.17, 15) is 4.79 Å². The molecule has 0 N–H and O–H groups in total. The van der Waals surface area contributed by atoms with Crippen LogP contribution in [0.3, 0.4) is 0 Å². The van der Waals surface area contributed by atoms with Gasteiger partial charge in [0.05, 0.1) is 6.07 Å². The maximum absolute atomic E-state index is 10.7. The first-order valence-electron chi connectivity index (χ1n) is 3.38. The van der Waals surface area contributed by atoms with Crippen molar-refractivity contribution in [2.75, 3.05) is 0 Å². The molecule has 0 aliphatic rings. The molecule has 0 amide bonds. The topological polar surface area (TPSA) is 50.1 Å². The van der Waals surface area contributed by atoms with Gasteiger partial charge in [0.15, 0.2) is 0 Å². The van der Waals surface area contributed by atoms with E-state index in [1.54, 1.807) is 6.07 Å². The Labute approximate surface area is 74.2 Å². The molecule has 1 heterocycles. The lowest BCUT2D eigenvalue weighted by atomic mass is 10.5.